The van der Waals surface area contributed by atoms with Crippen molar-refractivity contribution < 1.29 is 58.8 Å². The van der Waals surface area contributed by atoms with E-state index in [1.54, 1.807) is 18.2 Å². The van der Waals surface area contributed by atoms with Gasteiger partial charge < -0.3 is 46.2 Å². The number of hydrogen-bond donors (Lipinski definition) is 7. The van der Waals surface area contributed by atoms with Crippen LogP contribution in [-0.4, -0.2) is 134 Å². The quantitative estimate of drug-likeness (QED) is 0.0563. The van der Waals surface area contributed by atoms with E-state index in [0.29, 0.717) is 23.1 Å². The number of carboxylic acid groups (broad SMARTS) is 1. The predicted octanol–water partition coefficient (Wildman–Crippen LogP) is 5.05. The van der Waals surface area contributed by atoms with Crippen LogP contribution in [0, 0.1) is 11.8 Å². The summed E-state index contributed by atoms with van der Waals surface area (Å²) in [4.78, 5) is 108. The molecule has 7 N–H and O–H groups in total. The van der Waals surface area contributed by atoms with Crippen molar-refractivity contribution in [1.29, 1.82) is 0 Å². The summed E-state index contributed by atoms with van der Waals surface area (Å²) in [6.45, 7) is 5.76. The Labute approximate surface area is 402 Å². The number of hydrogen-bond acceptors (Lipinski definition) is 11. The van der Waals surface area contributed by atoms with Crippen LogP contribution in [0.4, 0.5) is 0 Å². The van der Waals surface area contributed by atoms with E-state index in [9.17, 15) is 58.8 Å². The molecule has 0 saturated carbocycles. The number of carbonyl (C=O) groups is 8. The first-order valence-electron chi connectivity index (χ1n) is 24.8. The zero-order valence-corrected chi connectivity index (χ0v) is 41.2. The van der Waals surface area contributed by atoms with Crippen LogP contribution in [0.5, 0.6) is 0 Å². The first-order valence-corrected chi connectivity index (χ1v) is 24.8. The highest BCUT2D eigenvalue weighted by Crippen LogP contribution is 2.37. The minimum Gasteiger partial charge on any atom is -0.508 e. The lowest BCUT2D eigenvalue weighted by molar-refractivity contribution is -0.142. The van der Waals surface area contributed by atoms with Crippen LogP contribution < -0.4 is 16.0 Å². The molecule has 8 atom stereocenters. The molecule has 17 heteroatoms. The maximum Gasteiger partial charge on any atom is 0.325 e. The fourth-order valence-corrected chi connectivity index (χ4v) is 8.97. The average Bonchev–Trinajstić information content (AvgIpc) is 3.30. The molecule has 0 spiro atoms. The largest absolute Gasteiger partial charge is 0.508 e. The number of unbranched alkanes of at least 4 members (excludes halogenated alkanes) is 12. The van der Waals surface area contributed by atoms with Crippen molar-refractivity contribution in [3.8, 4) is 0 Å². The number of carboxylic acids is 1. The number of amides is 5. The third-order valence-electron chi connectivity index (χ3n) is 13.5. The summed E-state index contributed by atoms with van der Waals surface area (Å²) in [5, 5.41) is 49.2. The molecule has 1 unspecified atom stereocenters. The molecule has 1 heterocycles. The topological polar surface area (TPSA) is 260 Å². The van der Waals surface area contributed by atoms with Gasteiger partial charge in [-0.2, -0.15) is 0 Å². The molecule has 2 aliphatic carbocycles. The van der Waals surface area contributed by atoms with Crippen molar-refractivity contribution in [2.75, 3.05) is 20.7 Å². The van der Waals surface area contributed by atoms with Crippen molar-refractivity contribution in [3.05, 3.63) is 46.8 Å². The number of allylic oxidation sites excluding steroid dienone is 2. The molecule has 0 aromatic heterocycles. The second-order valence-corrected chi connectivity index (χ2v) is 19.0. The van der Waals surface area contributed by atoms with E-state index >= 15 is 0 Å². The SMILES string of the molecule is CCCCCCCCCCCCCCCC(=O)N(C)[C@H](CO)C(=O)N[C@H](C)C(=O)CCC(=O)N(C)[C@@H]1C(=O)C[C@@H](C)C(=O)N[C@H](C(=O)N[C@@H](C)C(=O)O)CC2=CCC(O)C(=C2)C2=C(O)C=C[C@H]1C2. The Morgan fingerprint density at radius 1 is 0.809 bits per heavy atom. The van der Waals surface area contributed by atoms with Crippen molar-refractivity contribution >= 4 is 47.1 Å². The normalized spacial score (nSPS) is 22.1. The Balaban J connectivity index is 1.62. The van der Waals surface area contributed by atoms with Gasteiger partial charge in [0.05, 0.1) is 24.8 Å². The minimum atomic E-state index is -1.29. The Bertz CT molecular complexity index is 1910. The molecule has 0 aromatic rings. The molecular formula is C51H79N5O12. The van der Waals surface area contributed by atoms with Gasteiger partial charge in [0.15, 0.2) is 11.6 Å². The zero-order valence-electron chi connectivity index (χ0n) is 41.2. The van der Waals surface area contributed by atoms with E-state index in [1.807, 2.05) is 0 Å². The number of aliphatic hydroxyl groups is 3. The van der Waals surface area contributed by atoms with Gasteiger partial charge in [0.1, 0.15) is 23.9 Å². The van der Waals surface area contributed by atoms with E-state index in [0.717, 1.165) is 19.3 Å². The number of likely N-dealkylation sites (N-methyl/N-ethyl adjacent to an activating group) is 2. The number of Topliss-reactive ketones (excluding diaryl/α,β-unsaturated/α-hetero) is 2. The lowest BCUT2D eigenvalue weighted by Crippen LogP contribution is -2.53. The highest BCUT2D eigenvalue weighted by Gasteiger charge is 2.39. The van der Waals surface area contributed by atoms with Gasteiger partial charge in [-0.25, -0.2) is 0 Å². The maximum atomic E-state index is 14.2. The van der Waals surface area contributed by atoms with E-state index in [4.69, 9.17) is 0 Å². The molecule has 380 valence electrons. The molecular weight excluding hydrogens is 875 g/mol. The van der Waals surface area contributed by atoms with E-state index < -0.39 is 95.9 Å². The van der Waals surface area contributed by atoms with E-state index in [2.05, 4.69) is 22.9 Å². The minimum absolute atomic E-state index is 0.0114. The average molecular weight is 954 g/mol. The monoisotopic (exact) mass is 954 g/mol. The molecule has 0 fully saturated rings. The van der Waals surface area contributed by atoms with Crippen LogP contribution in [0.25, 0.3) is 0 Å². The van der Waals surface area contributed by atoms with Crippen molar-refractivity contribution in [2.24, 2.45) is 11.8 Å². The summed E-state index contributed by atoms with van der Waals surface area (Å²) in [6.07, 6.45) is 19.5. The van der Waals surface area contributed by atoms with Crippen LogP contribution >= 0.6 is 0 Å². The molecule has 0 aromatic carbocycles. The standard InChI is InChI=1S/C51H79N5O12/c1-7-8-9-10-11-12-13-14-15-16-17-18-19-20-45(62)55(5)40(31-57)50(66)52-33(3)41(58)25-26-46(63)56(6)47-36-22-24-43(60)38(30-36)37-28-35(21-23-42(37)59)29-39(49(65)53-34(4)51(67)68)54-48(64)32(2)27-44(47)61/h21-22,24,28,32-34,36,39-40,42,47,57,59-60H,7-20,23,25-27,29-31H2,1-6H3,(H,52,66)(H,53,65)(H,54,64)(H,67,68)/t32-,33-,34+,36+,39+,40-,42?,47+/m1/s1. The Hall–Kier alpha value is -5.16. The van der Waals surface area contributed by atoms with Crippen LogP contribution in [-0.2, 0) is 38.4 Å². The van der Waals surface area contributed by atoms with Crippen LogP contribution in [0.1, 0.15) is 156 Å². The number of fused-ring (bicyclic) bond motifs is 4. The number of aliphatic carboxylic acids is 1. The molecule has 68 heavy (non-hydrogen) atoms. The number of nitrogens with one attached hydrogen (secondary N) is 3. The maximum absolute atomic E-state index is 14.2. The highest BCUT2D eigenvalue weighted by atomic mass is 16.4. The van der Waals surface area contributed by atoms with E-state index in [-0.39, 0.29) is 56.6 Å². The van der Waals surface area contributed by atoms with Gasteiger partial charge in [0, 0.05) is 63.6 Å². The second kappa shape index (κ2) is 29.0. The Morgan fingerprint density at radius 2 is 1.41 bits per heavy atom. The summed E-state index contributed by atoms with van der Waals surface area (Å²) in [6, 6.07) is -6.04. The molecule has 4 bridgehead atoms. The zero-order chi connectivity index (χ0) is 50.5. The number of ketones is 2. The Kier molecular flexibility index (Phi) is 24.4. The van der Waals surface area contributed by atoms with Crippen LogP contribution in [0.3, 0.4) is 0 Å². The van der Waals surface area contributed by atoms with Gasteiger partial charge in [-0.1, -0.05) is 109 Å². The molecule has 3 aliphatic rings. The first kappa shape index (κ1) is 57.2. The van der Waals surface area contributed by atoms with Crippen LogP contribution in [0.15, 0.2) is 46.8 Å². The summed E-state index contributed by atoms with van der Waals surface area (Å²) in [5.74, 6) is -7.28. The van der Waals surface area contributed by atoms with Crippen molar-refractivity contribution in [1.82, 2.24) is 25.8 Å². The van der Waals surface area contributed by atoms with Gasteiger partial charge in [-0.15, -0.1) is 0 Å². The van der Waals surface area contributed by atoms with E-state index in [1.165, 1.54) is 109 Å². The third kappa shape index (κ3) is 17.7. The summed E-state index contributed by atoms with van der Waals surface area (Å²) in [5.41, 5.74) is 1.17. The highest BCUT2D eigenvalue weighted by molar-refractivity contribution is 5.97. The van der Waals surface area contributed by atoms with Gasteiger partial charge in [0.2, 0.25) is 29.5 Å². The number of nitrogens with zero attached hydrogens (tertiary/aromatic N) is 2. The third-order valence-corrected chi connectivity index (χ3v) is 13.5. The number of carbonyl (C=O) groups excluding carboxylic acids is 7. The number of aliphatic hydroxyl groups excluding tert-OH is 3. The molecule has 1 aliphatic heterocycles. The lowest BCUT2D eigenvalue weighted by atomic mass is 9.78. The lowest BCUT2D eigenvalue weighted by Gasteiger charge is -2.36. The summed E-state index contributed by atoms with van der Waals surface area (Å²) >= 11 is 0. The smallest absolute Gasteiger partial charge is 0.325 e. The molecule has 3 rings (SSSR count). The first-order chi connectivity index (χ1) is 32.3. The van der Waals surface area contributed by atoms with Gasteiger partial charge in [0.25, 0.3) is 0 Å². The fourth-order valence-electron chi connectivity index (χ4n) is 8.97. The predicted molar refractivity (Wildman–Crippen MR) is 257 cm³/mol. The molecule has 5 amide bonds. The number of rotatable bonds is 26. The van der Waals surface area contributed by atoms with Crippen LogP contribution in [0.2, 0.25) is 0 Å². The summed E-state index contributed by atoms with van der Waals surface area (Å²) in [7, 11) is 2.84. The van der Waals surface area contributed by atoms with Crippen molar-refractivity contribution in [3.63, 3.8) is 0 Å². The fraction of sp³-hybridized carbons (Fsp3) is 0.686. The van der Waals surface area contributed by atoms with Gasteiger partial charge >= 0.3 is 5.97 Å². The Morgan fingerprint density at radius 3 is 2.00 bits per heavy atom. The molecule has 0 saturated heterocycles. The van der Waals surface area contributed by atoms with Crippen molar-refractivity contribution in [2.45, 2.75) is 192 Å². The summed E-state index contributed by atoms with van der Waals surface area (Å²) < 4.78 is 0. The molecule has 17 nitrogen and oxygen atoms in total. The molecule has 0 radical (unpaired) electrons. The second-order valence-electron chi connectivity index (χ2n) is 19.0. The van der Waals surface area contributed by atoms with Gasteiger partial charge in [-0.05, 0) is 50.3 Å². The van der Waals surface area contributed by atoms with Gasteiger partial charge in [-0.3, -0.25) is 38.4 Å².